The number of carboxylic acids is 1. The summed E-state index contributed by atoms with van der Waals surface area (Å²) in [6, 6.07) is 7.58. The van der Waals surface area contributed by atoms with Crippen LogP contribution in [0.3, 0.4) is 0 Å². The molecule has 0 saturated heterocycles. The van der Waals surface area contributed by atoms with Gasteiger partial charge in [0.05, 0.1) is 0 Å². The molecule has 0 heterocycles. The lowest BCUT2D eigenvalue weighted by atomic mass is 10.2. The van der Waals surface area contributed by atoms with Crippen molar-refractivity contribution < 1.29 is 14.6 Å². The number of nitrogens with one attached hydrogen (secondary N) is 1. The zero-order chi connectivity index (χ0) is 18.3. The molecule has 1 rings (SSSR count). The third-order valence-electron chi connectivity index (χ3n) is 4.10. The molecule has 0 fully saturated rings. The van der Waals surface area contributed by atoms with E-state index in [4.69, 9.17) is 9.84 Å². The van der Waals surface area contributed by atoms with E-state index in [1.165, 1.54) is 44.3 Å². The van der Waals surface area contributed by atoms with Gasteiger partial charge in [-0.1, -0.05) is 38.8 Å². The van der Waals surface area contributed by atoms with Crippen molar-refractivity contribution in [3.8, 4) is 5.75 Å². The van der Waals surface area contributed by atoms with Crippen molar-refractivity contribution in [1.82, 2.24) is 10.2 Å². The molecule has 0 atom stereocenters. The van der Waals surface area contributed by atoms with E-state index in [1.807, 2.05) is 24.3 Å². The molecule has 25 heavy (non-hydrogen) atoms. The maximum absolute atomic E-state index is 10.5. The predicted octanol–water partition coefficient (Wildman–Crippen LogP) is 3.53. The van der Waals surface area contributed by atoms with Crippen molar-refractivity contribution in [1.29, 1.82) is 0 Å². The number of hydrogen-bond donors (Lipinski definition) is 2. The molecule has 0 aliphatic heterocycles. The number of carboxylic acid groups (broad SMARTS) is 1. The average molecular weight is 351 g/mol. The normalized spacial score (nSPS) is 11.0. The molecule has 0 unspecified atom stereocenters. The number of carbonyl (C=O) groups is 1. The van der Waals surface area contributed by atoms with Gasteiger partial charge in [0, 0.05) is 6.54 Å². The van der Waals surface area contributed by atoms with Crippen LogP contribution in [-0.4, -0.2) is 48.8 Å². The second-order valence-electron chi connectivity index (χ2n) is 6.41. The van der Waals surface area contributed by atoms with Gasteiger partial charge in [-0.3, -0.25) is 0 Å². The Labute approximate surface area is 152 Å². The second kappa shape index (κ2) is 13.7. The van der Waals surface area contributed by atoms with E-state index in [9.17, 15) is 4.79 Å². The maximum Gasteiger partial charge on any atom is 0.341 e. The summed E-state index contributed by atoms with van der Waals surface area (Å²) >= 11 is 0. The van der Waals surface area contributed by atoms with Crippen LogP contribution in [0.1, 0.15) is 51.5 Å². The molecule has 0 spiro atoms. The molecule has 5 nitrogen and oxygen atoms in total. The van der Waals surface area contributed by atoms with Crippen LogP contribution in [-0.2, 0) is 11.3 Å². The molecule has 0 amide bonds. The number of hydrogen-bond acceptors (Lipinski definition) is 4. The number of ether oxygens (including phenoxy) is 1. The van der Waals surface area contributed by atoms with Gasteiger partial charge in [0.2, 0.25) is 0 Å². The van der Waals surface area contributed by atoms with Gasteiger partial charge in [0.15, 0.2) is 6.61 Å². The van der Waals surface area contributed by atoms with E-state index in [0.717, 1.165) is 26.1 Å². The van der Waals surface area contributed by atoms with Crippen molar-refractivity contribution in [2.75, 3.05) is 32.8 Å². The third-order valence-corrected chi connectivity index (χ3v) is 4.10. The highest BCUT2D eigenvalue weighted by atomic mass is 16.5. The Hall–Kier alpha value is -1.59. The first kappa shape index (κ1) is 21.5. The smallest absolute Gasteiger partial charge is 0.341 e. The van der Waals surface area contributed by atoms with Gasteiger partial charge in [-0.15, -0.1) is 0 Å². The number of unbranched alkanes of at least 4 members (excludes halogenated alkanes) is 2. The third kappa shape index (κ3) is 10.8. The van der Waals surface area contributed by atoms with E-state index in [0.29, 0.717) is 5.75 Å². The summed E-state index contributed by atoms with van der Waals surface area (Å²) in [5.41, 5.74) is 1.18. The fourth-order valence-electron chi connectivity index (χ4n) is 2.61. The Kier molecular flexibility index (Phi) is 11.7. The lowest BCUT2D eigenvalue weighted by molar-refractivity contribution is -0.139. The van der Waals surface area contributed by atoms with Crippen molar-refractivity contribution in [2.45, 2.75) is 52.5 Å². The minimum absolute atomic E-state index is 0.301. The Morgan fingerprint density at radius 2 is 1.64 bits per heavy atom. The first-order valence-electron chi connectivity index (χ1n) is 9.52. The van der Waals surface area contributed by atoms with Crippen LogP contribution >= 0.6 is 0 Å². The standard InChI is InChI=1S/C20H34N2O3/c1-3-5-13-22(14-6-4-2)15-7-12-21-16-18-8-10-19(11-9-18)25-17-20(23)24/h8-11,21H,3-7,12-17H2,1-2H3,(H,23,24). The number of benzene rings is 1. The summed E-state index contributed by atoms with van der Waals surface area (Å²) in [5, 5.41) is 12.1. The van der Waals surface area contributed by atoms with Crippen LogP contribution in [0.15, 0.2) is 24.3 Å². The molecule has 0 radical (unpaired) electrons. The minimum Gasteiger partial charge on any atom is -0.482 e. The number of aliphatic carboxylic acids is 1. The van der Waals surface area contributed by atoms with E-state index in [-0.39, 0.29) is 6.61 Å². The molecular formula is C20H34N2O3. The molecular weight excluding hydrogens is 316 g/mol. The maximum atomic E-state index is 10.5. The quantitative estimate of drug-likeness (QED) is 0.474. The Morgan fingerprint density at radius 1 is 1.04 bits per heavy atom. The number of rotatable bonds is 15. The van der Waals surface area contributed by atoms with Gasteiger partial charge in [-0.05, 0) is 63.1 Å². The highest BCUT2D eigenvalue weighted by Gasteiger charge is 2.03. The molecule has 0 aliphatic rings. The van der Waals surface area contributed by atoms with Crippen molar-refractivity contribution in [3.63, 3.8) is 0 Å². The Bertz CT molecular complexity index is 455. The zero-order valence-electron chi connectivity index (χ0n) is 15.8. The lowest BCUT2D eigenvalue weighted by Gasteiger charge is -2.22. The first-order valence-corrected chi connectivity index (χ1v) is 9.52. The van der Waals surface area contributed by atoms with Gasteiger partial charge >= 0.3 is 5.97 Å². The fourth-order valence-corrected chi connectivity index (χ4v) is 2.61. The van der Waals surface area contributed by atoms with Gasteiger partial charge in [0.25, 0.3) is 0 Å². The largest absolute Gasteiger partial charge is 0.482 e. The number of nitrogens with zero attached hydrogens (tertiary/aromatic N) is 1. The summed E-state index contributed by atoms with van der Waals surface area (Å²) in [7, 11) is 0. The summed E-state index contributed by atoms with van der Waals surface area (Å²) in [5.74, 6) is -0.369. The zero-order valence-corrected chi connectivity index (χ0v) is 15.8. The molecule has 1 aromatic rings. The van der Waals surface area contributed by atoms with E-state index >= 15 is 0 Å². The van der Waals surface area contributed by atoms with Crippen molar-refractivity contribution in [3.05, 3.63) is 29.8 Å². The molecule has 1 aromatic carbocycles. The van der Waals surface area contributed by atoms with Gasteiger partial charge in [-0.25, -0.2) is 4.79 Å². The van der Waals surface area contributed by atoms with Gasteiger partial charge in [0.1, 0.15) is 5.75 Å². The second-order valence-corrected chi connectivity index (χ2v) is 6.41. The highest BCUT2D eigenvalue weighted by Crippen LogP contribution is 2.12. The van der Waals surface area contributed by atoms with Crippen molar-refractivity contribution in [2.24, 2.45) is 0 Å². The fraction of sp³-hybridized carbons (Fsp3) is 0.650. The summed E-state index contributed by atoms with van der Waals surface area (Å²) < 4.78 is 5.13. The van der Waals surface area contributed by atoms with Gasteiger partial charge in [-0.2, -0.15) is 0 Å². The predicted molar refractivity (Wildman–Crippen MR) is 102 cm³/mol. The van der Waals surface area contributed by atoms with E-state index in [1.54, 1.807) is 0 Å². The first-order chi connectivity index (χ1) is 12.2. The molecule has 0 aliphatic carbocycles. The van der Waals surface area contributed by atoms with Crippen LogP contribution < -0.4 is 10.1 Å². The average Bonchev–Trinajstić information content (AvgIpc) is 2.62. The molecule has 2 N–H and O–H groups in total. The van der Waals surface area contributed by atoms with Crippen molar-refractivity contribution >= 4 is 5.97 Å². The van der Waals surface area contributed by atoms with Crippen LogP contribution in [0.25, 0.3) is 0 Å². The molecule has 0 aromatic heterocycles. The summed E-state index contributed by atoms with van der Waals surface area (Å²) in [4.78, 5) is 13.1. The Balaban J connectivity index is 2.19. The van der Waals surface area contributed by atoms with Crippen LogP contribution in [0.4, 0.5) is 0 Å². The monoisotopic (exact) mass is 350 g/mol. The topological polar surface area (TPSA) is 61.8 Å². The van der Waals surface area contributed by atoms with Crippen LogP contribution in [0.5, 0.6) is 5.75 Å². The van der Waals surface area contributed by atoms with Gasteiger partial charge < -0.3 is 20.1 Å². The van der Waals surface area contributed by atoms with E-state index < -0.39 is 5.97 Å². The summed E-state index contributed by atoms with van der Waals surface area (Å²) in [6.07, 6.45) is 6.24. The Morgan fingerprint density at radius 3 is 2.20 bits per heavy atom. The highest BCUT2D eigenvalue weighted by molar-refractivity contribution is 5.68. The van der Waals surface area contributed by atoms with Crippen LogP contribution in [0, 0.1) is 0 Å². The molecule has 0 saturated carbocycles. The summed E-state index contributed by atoms with van der Waals surface area (Å²) in [6.45, 7) is 9.62. The SMILES string of the molecule is CCCCN(CCCC)CCCNCc1ccc(OCC(=O)O)cc1. The van der Waals surface area contributed by atoms with Crippen LogP contribution in [0.2, 0.25) is 0 Å². The molecule has 5 heteroatoms. The molecule has 0 bridgehead atoms. The minimum atomic E-state index is -0.960. The van der Waals surface area contributed by atoms with E-state index in [2.05, 4.69) is 24.1 Å². The lowest BCUT2D eigenvalue weighted by Crippen LogP contribution is -2.29. The molecule has 142 valence electrons.